The summed E-state index contributed by atoms with van der Waals surface area (Å²) in [6.45, 7) is 11.3. The summed E-state index contributed by atoms with van der Waals surface area (Å²) in [4.78, 5) is 2.12. The Balaban J connectivity index is 4.13. The molecule has 13 heavy (non-hydrogen) atoms. The predicted octanol–water partition coefficient (Wildman–Crippen LogP) is 2.82. The maximum Gasteiger partial charge on any atom is 0.259 e. The second-order valence-electron chi connectivity index (χ2n) is 3.71. The van der Waals surface area contributed by atoms with Crippen molar-refractivity contribution in [1.82, 2.24) is 4.90 Å². The third kappa shape index (κ3) is 4.46. The molecule has 0 heterocycles. The van der Waals surface area contributed by atoms with Crippen molar-refractivity contribution in [3.8, 4) is 0 Å². The molecule has 0 unspecified atom stereocenters. The van der Waals surface area contributed by atoms with Crippen LogP contribution < -0.4 is 0 Å². The van der Waals surface area contributed by atoms with E-state index in [1.807, 2.05) is 0 Å². The standard InChI is InChI=1S/C10H21NOS/c1-6-7-12-10(13)11(8(2)3)9(4)5/h8-9H,6-7H2,1-5H3. The van der Waals surface area contributed by atoms with Crippen LogP contribution in [0.2, 0.25) is 0 Å². The van der Waals surface area contributed by atoms with E-state index in [4.69, 9.17) is 17.0 Å². The van der Waals surface area contributed by atoms with Crippen molar-refractivity contribution in [2.24, 2.45) is 0 Å². The van der Waals surface area contributed by atoms with Gasteiger partial charge in [-0.3, -0.25) is 0 Å². The highest BCUT2D eigenvalue weighted by atomic mass is 32.1. The van der Waals surface area contributed by atoms with Crippen LogP contribution in [0.5, 0.6) is 0 Å². The molecule has 0 radical (unpaired) electrons. The molecule has 78 valence electrons. The van der Waals surface area contributed by atoms with E-state index in [9.17, 15) is 0 Å². The zero-order valence-electron chi connectivity index (χ0n) is 9.33. The van der Waals surface area contributed by atoms with Crippen LogP contribution in [0.3, 0.4) is 0 Å². The minimum absolute atomic E-state index is 0.407. The van der Waals surface area contributed by atoms with Gasteiger partial charge in [0.25, 0.3) is 5.17 Å². The van der Waals surface area contributed by atoms with E-state index < -0.39 is 0 Å². The van der Waals surface area contributed by atoms with Gasteiger partial charge in [-0.2, -0.15) is 0 Å². The third-order valence-electron chi connectivity index (χ3n) is 1.75. The molecule has 0 aliphatic carbocycles. The molecular weight excluding hydrogens is 182 g/mol. The number of ether oxygens (including phenoxy) is 1. The molecule has 0 fully saturated rings. The van der Waals surface area contributed by atoms with Crippen LogP contribution in [0, 0.1) is 0 Å². The highest BCUT2D eigenvalue weighted by Crippen LogP contribution is 2.07. The van der Waals surface area contributed by atoms with E-state index in [0.717, 1.165) is 13.0 Å². The van der Waals surface area contributed by atoms with E-state index >= 15 is 0 Å². The van der Waals surface area contributed by atoms with E-state index in [0.29, 0.717) is 17.3 Å². The predicted molar refractivity (Wildman–Crippen MR) is 61.0 cm³/mol. The molecule has 2 nitrogen and oxygen atoms in total. The summed E-state index contributed by atoms with van der Waals surface area (Å²) in [6, 6.07) is 0.814. The Hall–Kier alpha value is -0.310. The first-order chi connectivity index (χ1) is 6.00. The molecule has 0 spiro atoms. The Morgan fingerprint density at radius 3 is 2.00 bits per heavy atom. The zero-order valence-corrected chi connectivity index (χ0v) is 10.1. The molecule has 0 atom stereocenters. The minimum Gasteiger partial charge on any atom is -0.471 e. The quantitative estimate of drug-likeness (QED) is 0.652. The number of rotatable bonds is 4. The highest BCUT2D eigenvalue weighted by Gasteiger charge is 2.17. The summed E-state index contributed by atoms with van der Waals surface area (Å²) >= 11 is 5.20. The lowest BCUT2D eigenvalue weighted by Gasteiger charge is -2.32. The largest absolute Gasteiger partial charge is 0.471 e. The van der Waals surface area contributed by atoms with Crippen molar-refractivity contribution in [2.45, 2.75) is 53.1 Å². The Labute approximate surface area is 87.3 Å². The van der Waals surface area contributed by atoms with Gasteiger partial charge >= 0.3 is 0 Å². The summed E-state index contributed by atoms with van der Waals surface area (Å²) in [6.07, 6.45) is 1.00. The maximum atomic E-state index is 5.43. The summed E-state index contributed by atoms with van der Waals surface area (Å²) < 4.78 is 5.43. The van der Waals surface area contributed by atoms with Crippen LogP contribution in [-0.4, -0.2) is 28.8 Å². The van der Waals surface area contributed by atoms with Gasteiger partial charge in [-0.25, -0.2) is 0 Å². The number of hydrogen-bond donors (Lipinski definition) is 0. The van der Waals surface area contributed by atoms with E-state index in [1.54, 1.807) is 0 Å². The first kappa shape index (κ1) is 12.7. The maximum absolute atomic E-state index is 5.43. The SMILES string of the molecule is CCCOC(=S)N(C(C)C)C(C)C. The Kier molecular flexibility index (Phi) is 6.04. The lowest BCUT2D eigenvalue weighted by atomic mass is 10.2. The smallest absolute Gasteiger partial charge is 0.259 e. The number of thiocarbonyl (C=S) groups is 1. The van der Waals surface area contributed by atoms with Crippen LogP contribution >= 0.6 is 12.2 Å². The van der Waals surface area contributed by atoms with Gasteiger partial charge in [0.05, 0.1) is 6.61 Å². The Bertz CT molecular complexity index is 149. The first-order valence-corrected chi connectivity index (χ1v) is 5.36. The van der Waals surface area contributed by atoms with Crippen LogP contribution in [-0.2, 0) is 4.74 Å². The summed E-state index contributed by atoms with van der Waals surface area (Å²) in [5.74, 6) is 0. The van der Waals surface area contributed by atoms with Gasteiger partial charge in [0.2, 0.25) is 0 Å². The van der Waals surface area contributed by atoms with Gasteiger partial charge in [0.15, 0.2) is 0 Å². The molecule has 0 amide bonds. The van der Waals surface area contributed by atoms with Gasteiger partial charge in [-0.15, -0.1) is 0 Å². The average Bonchev–Trinajstić information content (AvgIpc) is 1.99. The first-order valence-electron chi connectivity index (χ1n) is 4.95. The summed E-state index contributed by atoms with van der Waals surface area (Å²) in [7, 11) is 0. The van der Waals surface area contributed by atoms with Crippen LogP contribution in [0.15, 0.2) is 0 Å². The second-order valence-corrected chi connectivity index (χ2v) is 4.06. The fraction of sp³-hybridized carbons (Fsp3) is 0.900. The molecule has 0 N–H and O–H groups in total. The third-order valence-corrected chi connectivity index (χ3v) is 2.08. The van der Waals surface area contributed by atoms with E-state index in [-0.39, 0.29) is 0 Å². The van der Waals surface area contributed by atoms with Crippen molar-refractivity contribution < 1.29 is 4.74 Å². The van der Waals surface area contributed by atoms with E-state index in [2.05, 4.69) is 39.5 Å². The van der Waals surface area contributed by atoms with Crippen molar-refractivity contribution in [1.29, 1.82) is 0 Å². The van der Waals surface area contributed by atoms with Gasteiger partial charge in [-0.1, -0.05) is 6.92 Å². The molecule has 0 saturated heterocycles. The molecule has 0 rings (SSSR count). The van der Waals surface area contributed by atoms with Crippen molar-refractivity contribution >= 4 is 17.4 Å². The van der Waals surface area contributed by atoms with Gasteiger partial charge in [0, 0.05) is 12.1 Å². The molecule has 0 bridgehead atoms. The fourth-order valence-electron chi connectivity index (χ4n) is 1.28. The van der Waals surface area contributed by atoms with Gasteiger partial charge in [-0.05, 0) is 46.3 Å². The average molecular weight is 203 g/mol. The van der Waals surface area contributed by atoms with Crippen molar-refractivity contribution in [3.05, 3.63) is 0 Å². The lowest BCUT2D eigenvalue weighted by Crippen LogP contribution is -2.42. The molecule has 0 aromatic heterocycles. The summed E-state index contributed by atoms with van der Waals surface area (Å²) in [5.41, 5.74) is 0. The molecule has 0 aliphatic heterocycles. The minimum atomic E-state index is 0.407. The van der Waals surface area contributed by atoms with Crippen LogP contribution in [0.1, 0.15) is 41.0 Å². The summed E-state index contributed by atoms with van der Waals surface area (Å²) in [5, 5.41) is 0.631. The Morgan fingerprint density at radius 2 is 1.69 bits per heavy atom. The number of hydrogen-bond acceptors (Lipinski definition) is 2. The van der Waals surface area contributed by atoms with Crippen LogP contribution in [0.4, 0.5) is 0 Å². The van der Waals surface area contributed by atoms with Crippen molar-refractivity contribution in [3.63, 3.8) is 0 Å². The van der Waals surface area contributed by atoms with Gasteiger partial charge in [0.1, 0.15) is 0 Å². The molecule has 0 saturated carbocycles. The van der Waals surface area contributed by atoms with Gasteiger partial charge < -0.3 is 9.64 Å². The van der Waals surface area contributed by atoms with E-state index in [1.165, 1.54) is 0 Å². The normalized spacial score (nSPS) is 10.7. The highest BCUT2D eigenvalue weighted by molar-refractivity contribution is 7.80. The fourth-order valence-corrected chi connectivity index (χ4v) is 1.79. The van der Waals surface area contributed by atoms with Crippen molar-refractivity contribution in [2.75, 3.05) is 6.61 Å². The molecule has 3 heteroatoms. The second kappa shape index (κ2) is 6.19. The molecular formula is C10H21NOS. The molecule has 0 aliphatic rings. The zero-order chi connectivity index (χ0) is 10.4. The molecule has 0 aromatic rings. The Morgan fingerprint density at radius 1 is 1.23 bits per heavy atom. The molecule has 0 aromatic carbocycles. The monoisotopic (exact) mass is 203 g/mol. The topological polar surface area (TPSA) is 12.5 Å². The number of nitrogens with zero attached hydrogens (tertiary/aromatic N) is 1. The lowest BCUT2D eigenvalue weighted by molar-refractivity contribution is 0.195. The van der Waals surface area contributed by atoms with Crippen LogP contribution in [0.25, 0.3) is 0 Å².